The minimum Gasteiger partial charge on any atom is -0.307 e. The molecule has 0 saturated carbocycles. The van der Waals surface area contributed by atoms with Crippen LogP contribution in [0.4, 0.5) is 0 Å². The van der Waals surface area contributed by atoms with E-state index in [9.17, 15) is 0 Å². The van der Waals surface area contributed by atoms with Gasteiger partial charge < -0.3 is 5.32 Å². The average molecular weight is 267 g/mol. The molecule has 1 aliphatic rings. The molecule has 1 aromatic carbocycles. The van der Waals surface area contributed by atoms with Crippen LogP contribution in [0.15, 0.2) is 54.7 Å². The topological polar surface area (TPSA) is 28.2 Å². The zero-order valence-electron chi connectivity index (χ0n) is 11.7. The predicted molar refractivity (Wildman–Crippen MR) is 81.2 cm³/mol. The number of aromatic nitrogens is 1. The van der Waals surface area contributed by atoms with Crippen LogP contribution >= 0.6 is 0 Å². The number of benzene rings is 1. The lowest BCUT2D eigenvalue weighted by Crippen LogP contribution is -2.32. The predicted octanol–water partition coefficient (Wildman–Crippen LogP) is 2.45. The first kappa shape index (κ1) is 13.3. The Bertz CT molecular complexity index is 512. The van der Waals surface area contributed by atoms with Crippen molar-refractivity contribution in [1.29, 1.82) is 0 Å². The lowest BCUT2D eigenvalue weighted by molar-refractivity contribution is 0.319. The fraction of sp³-hybridized carbons (Fsp3) is 0.353. The Morgan fingerprint density at radius 1 is 1.10 bits per heavy atom. The van der Waals surface area contributed by atoms with Crippen LogP contribution < -0.4 is 5.32 Å². The molecule has 20 heavy (non-hydrogen) atoms. The molecule has 3 nitrogen and oxygen atoms in total. The third-order valence-electron chi connectivity index (χ3n) is 3.82. The van der Waals surface area contributed by atoms with Crippen molar-refractivity contribution in [3.05, 3.63) is 66.0 Å². The standard InChI is InChI=1S/C17H21N3/c1-2-6-15(7-3-1)13-20-11-9-17(14-20)19-12-16-8-4-5-10-18-16/h1-8,10,17,19H,9,11-14H2/t17-/m1/s1. The van der Waals surface area contributed by atoms with Gasteiger partial charge in [-0.2, -0.15) is 0 Å². The third kappa shape index (κ3) is 3.65. The smallest absolute Gasteiger partial charge is 0.0541 e. The van der Waals surface area contributed by atoms with Gasteiger partial charge in [-0.05, 0) is 24.1 Å². The summed E-state index contributed by atoms with van der Waals surface area (Å²) in [6, 6.07) is 17.4. The fourth-order valence-corrected chi connectivity index (χ4v) is 2.74. The van der Waals surface area contributed by atoms with Crippen molar-refractivity contribution >= 4 is 0 Å². The molecule has 1 N–H and O–H groups in total. The minimum atomic E-state index is 0.584. The number of hydrogen-bond acceptors (Lipinski definition) is 3. The maximum atomic E-state index is 4.35. The maximum Gasteiger partial charge on any atom is 0.0541 e. The van der Waals surface area contributed by atoms with E-state index in [1.54, 1.807) is 0 Å². The van der Waals surface area contributed by atoms with Crippen molar-refractivity contribution in [2.24, 2.45) is 0 Å². The van der Waals surface area contributed by atoms with E-state index in [4.69, 9.17) is 0 Å². The Morgan fingerprint density at radius 2 is 1.95 bits per heavy atom. The summed E-state index contributed by atoms with van der Waals surface area (Å²) in [4.78, 5) is 6.87. The van der Waals surface area contributed by atoms with Crippen LogP contribution in [0.3, 0.4) is 0 Å². The van der Waals surface area contributed by atoms with Gasteiger partial charge in [-0.25, -0.2) is 0 Å². The molecule has 1 saturated heterocycles. The van der Waals surface area contributed by atoms with Gasteiger partial charge in [0, 0.05) is 38.4 Å². The van der Waals surface area contributed by atoms with E-state index in [2.05, 4.69) is 51.6 Å². The Labute approximate surface area is 120 Å². The van der Waals surface area contributed by atoms with Gasteiger partial charge in [-0.1, -0.05) is 36.4 Å². The second-order valence-corrected chi connectivity index (χ2v) is 5.41. The molecule has 1 aromatic heterocycles. The van der Waals surface area contributed by atoms with E-state index in [1.165, 1.54) is 18.5 Å². The van der Waals surface area contributed by atoms with E-state index in [1.807, 2.05) is 18.3 Å². The number of hydrogen-bond donors (Lipinski definition) is 1. The van der Waals surface area contributed by atoms with Gasteiger partial charge >= 0.3 is 0 Å². The highest BCUT2D eigenvalue weighted by Crippen LogP contribution is 2.13. The van der Waals surface area contributed by atoms with Crippen LogP contribution in [0.1, 0.15) is 17.7 Å². The van der Waals surface area contributed by atoms with Crippen LogP contribution in [0, 0.1) is 0 Å². The number of likely N-dealkylation sites (tertiary alicyclic amines) is 1. The van der Waals surface area contributed by atoms with Crippen LogP contribution in [-0.4, -0.2) is 29.0 Å². The lowest BCUT2D eigenvalue weighted by Gasteiger charge is -2.16. The summed E-state index contributed by atoms with van der Waals surface area (Å²) in [5.41, 5.74) is 2.52. The summed E-state index contributed by atoms with van der Waals surface area (Å²) in [7, 11) is 0. The van der Waals surface area contributed by atoms with Gasteiger partial charge in [-0.3, -0.25) is 9.88 Å². The Balaban J connectivity index is 1.45. The molecule has 2 aromatic rings. The number of rotatable bonds is 5. The summed E-state index contributed by atoms with van der Waals surface area (Å²) in [5.74, 6) is 0. The number of pyridine rings is 1. The van der Waals surface area contributed by atoms with E-state index in [-0.39, 0.29) is 0 Å². The Kier molecular flexibility index (Phi) is 4.41. The van der Waals surface area contributed by atoms with E-state index in [0.717, 1.165) is 25.3 Å². The first-order chi connectivity index (χ1) is 9.90. The van der Waals surface area contributed by atoms with Crippen molar-refractivity contribution in [1.82, 2.24) is 15.2 Å². The van der Waals surface area contributed by atoms with Gasteiger partial charge in [0.1, 0.15) is 0 Å². The number of nitrogens with zero attached hydrogens (tertiary/aromatic N) is 2. The summed E-state index contributed by atoms with van der Waals surface area (Å²) >= 11 is 0. The monoisotopic (exact) mass is 267 g/mol. The highest BCUT2D eigenvalue weighted by Gasteiger charge is 2.21. The second-order valence-electron chi connectivity index (χ2n) is 5.41. The van der Waals surface area contributed by atoms with Gasteiger partial charge in [0.25, 0.3) is 0 Å². The van der Waals surface area contributed by atoms with Crippen LogP contribution in [-0.2, 0) is 13.1 Å². The second kappa shape index (κ2) is 6.64. The van der Waals surface area contributed by atoms with Gasteiger partial charge in [-0.15, -0.1) is 0 Å². The number of nitrogens with one attached hydrogen (secondary N) is 1. The molecule has 0 unspecified atom stereocenters. The molecule has 1 aliphatic heterocycles. The third-order valence-corrected chi connectivity index (χ3v) is 3.82. The largest absolute Gasteiger partial charge is 0.307 e. The highest BCUT2D eigenvalue weighted by atomic mass is 15.2. The first-order valence-corrected chi connectivity index (χ1v) is 7.30. The van der Waals surface area contributed by atoms with Crippen molar-refractivity contribution in [2.45, 2.75) is 25.6 Å². The molecule has 0 radical (unpaired) electrons. The van der Waals surface area contributed by atoms with Crippen LogP contribution in [0.25, 0.3) is 0 Å². The minimum absolute atomic E-state index is 0.584. The molecule has 1 atom stereocenters. The Morgan fingerprint density at radius 3 is 2.75 bits per heavy atom. The fourth-order valence-electron chi connectivity index (χ4n) is 2.74. The molecule has 3 rings (SSSR count). The first-order valence-electron chi connectivity index (χ1n) is 7.30. The summed E-state index contributed by atoms with van der Waals surface area (Å²) in [6.07, 6.45) is 3.08. The van der Waals surface area contributed by atoms with Gasteiger partial charge in [0.15, 0.2) is 0 Å². The molecule has 0 amide bonds. The average Bonchev–Trinajstić information content (AvgIpc) is 2.95. The van der Waals surface area contributed by atoms with Gasteiger partial charge in [0.05, 0.1) is 5.69 Å². The van der Waals surface area contributed by atoms with Crippen molar-refractivity contribution in [3.8, 4) is 0 Å². The molecule has 0 aliphatic carbocycles. The SMILES string of the molecule is c1ccc(CN2CC[C@@H](NCc3ccccn3)C2)cc1. The molecule has 2 heterocycles. The van der Waals surface area contributed by atoms with Crippen LogP contribution in [0.2, 0.25) is 0 Å². The molecule has 1 fully saturated rings. The summed E-state index contributed by atoms with van der Waals surface area (Å²) in [6.45, 7) is 4.23. The molecule has 0 bridgehead atoms. The van der Waals surface area contributed by atoms with E-state index >= 15 is 0 Å². The summed E-state index contributed by atoms with van der Waals surface area (Å²) in [5, 5.41) is 3.61. The van der Waals surface area contributed by atoms with Crippen molar-refractivity contribution in [3.63, 3.8) is 0 Å². The molecular formula is C17H21N3. The molecule has 104 valence electrons. The summed E-state index contributed by atoms with van der Waals surface area (Å²) < 4.78 is 0. The van der Waals surface area contributed by atoms with E-state index < -0.39 is 0 Å². The van der Waals surface area contributed by atoms with Crippen molar-refractivity contribution in [2.75, 3.05) is 13.1 Å². The van der Waals surface area contributed by atoms with Crippen molar-refractivity contribution < 1.29 is 0 Å². The quantitative estimate of drug-likeness (QED) is 0.902. The lowest BCUT2D eigenvalue weighted by atomic mass is 10.2. The van der Waals surface area contributed by atoms with Gasteiger partial charge in [0.2, 0.25) is 0 Å². The Hall–Kier alpha value is -1.71. The van der Waals surface area contributed by atoms with E-state index in [0.29, 0.717) is 6.04 Å². The van der Waals surface area contributed by atoms with Crippen LogP contribution in [0.5, 0.6) is 0 Å². The zero-order chi connectivity index (χ0) is 13.6. The highest BCUT2D eigenvalue weighted by molar-refractivity contribution is 5.14. The maximum absolute atomic E-state index is 4.35. The normalized spacial score (nSPS) is 19.3. The molecule has 0 spiro atoms. The molecular weight excluding hydrogens is 246 g/mol. The zero-order valence-corrected chi connectivity index (χ0v) is 11.7. The molecule has 3 heteroatoms.